The Morgan fingerprint density at radius 3 is 2.87 bits per heavy atom. The van der Waals surface area contributed by atoms with Crippen LogP contribution in [0.5, 0.6) is 0 Å². The van der Waals surface area contributed by atoms with Gasteiger partial charge in [-0.15, -0.1) is 0 Å². The molecule has 4 N–H and O–H groups in total. The van der Waals surface area contributed by atoms with Crippen LogP contribution < -0.4 is 11.1 Å². The number of nitro groups is 1. The average molecular weight is 211 g/mol. The summed E-state index contributed by atoms with van der Waals surface area (Å²) in [6, 6.07) is 4.38. The van der Waals surface area contributed by atoms with E-state index in [0.717, 1.165) is 0 Å². The minimum absolute atomic E-state index is 0.105. The summed E-state index contributed by atoms with van der Waals surface area (Å²) in [5, 5.41) is 22.4. The molecule has 0 spiro atoms. The van der Waals surface area contributed by atoms with Gasteiger partial charge < -0.3 is 16.2 Å². The summed E-state index contributed by atoms with van der Waals surface area (Å²) in [5.74, 6) is 0. The van der Waals surface area contributed by atoms with Crippen molar-refractivity contribution in [2.75, 3.05) is 17.7 Å². The number of nitro benzene ring substituents is 1. The number of anilines is 2. The van der Waals surface area contributed by atoms with Crippen molar-refractivity contribution < 1.29 is 10.0 Å². The molecule has 1 rings (SSSR count). The maximum absolute atomic E-state index is 10.7. The quantitative estimate of drug-likeness (QED) is 0.391. The highest BCUT2D eigenvalue weighted by Crippen LogP contribution is 2.30. The molecule has 0 radical (unpaired) electrons. The molecule has 1 aromatic carbocycles. The molecule has 0 heterocycles. The fourth-order valence-corrected chi connectivity index (χ4v) is 1.19. The summed E-state index contributed by atoms with van der Waals surface area (Å²) in [7, 11) is 0. The molecule has 0 aliphatic heterocycles. The fraction of sp³-hybridized carbons (Fsp3) is 0.333. The van der Waals surface area contributed by atoms with Gasteiger partial charge in [-0.3, -0.25) is 10.1 Å². The standard InChI is InChI=1S/C9H13N3O3/c1-6(5-13)11-8-4-2-3-7(10)9(8)12(14)15/h2-4,6,11,13H,5,10H2,1H3. The van der Waals surface area contributed by atoms with Crippen LogP contribution >= 0.6 is 0 Å². The van der Waals surface area contributed by atoms with Crippen LogP contribution in [0.25, 0.3) is 0 Å². The third kappa shape index (κ3) is 2.57. The van der Waals surface area contributed by atoms with Gasteiger partial charge in [-0.05, 0) is 19.1 Å². The van der Waals surface area contributed by atoms with Crippen LogP contribution in [0.1, 0.15) is 6.92 Å². The minimum Gasteiger partial charge on any atom is -0.394 e. The largest absolute Gasteiger partial charge is 0.394 e. The molecule has 15 heavy (non-hydrogen) atoms. The van der Waals surface area contributed by atoms with Gasteiger partial charge in [0.05, 0.1) is 11.5 Å². The highest BCUT2D eigenvalue weighted by Gasteiger charge is 2.18. The summed E-state index contributed by atoms with van der Waals surface area (Å²) >= 11 is 0. The minimum atomic E-state index is -0.540. The van der Waals surface area contributed by atoms with Gasteiger partial charge in [0.1, 0.15) is 11.4 Å². The van der Waals surface area contributed by atoms with Crippen molar-refractivity contribution in [3.63, 3.8) is 0 Å². The van der Waals surface area contributed by atoms with Crippen LogP contribution in [0.4, 0.5) is 17.1 Å². The van der Waals surface area contributed by atoms with Crippen molar-refractivity contribution in [2.45, 2.75) is 13.0 Å². The Bertz CT molecular complexity index is 368. The molecule has 0 aromatic heterocycles. The molecule has 6 nitrogen and oxygen atoms in total. The zero-order chi connectivity index (χ0) is 11.4. The zero-order valence-electron chi connectivity index (χ0n) is 8.30. The molecular formula is C9H13N3O3. The Labute approximate surface area is 86.9 Å². The SMILES string of the molecule is CC(CO)Nc1cccc(N)c1[N+](=O)[O-]. The lowest BCUT2D eigenvalue weighted by molar-refractivity contribution is -0.383. The van der Waals surface area contributed by atoms with E-state index in [0.29, 0.717) is 5.69 Å². The predicted octanol–water partition coefficient (Wildman–Crippen LogP) is 0.970. The molecule has 6 heteroatoms. The van der Waals surface area contributed by atoms with E-state index < -0.39 is 4.92 Å². The number of nitrogens with one attached hydrogen (secondary N) is 1. The lowest BCUT2D eigenvalue weighted by Gasteiger charge is -2.12. The third-order valence-electron chi connectivity index (χ3n) is 1.93. The summed E-state index contributed by atoms with van der Waals surface area (Å²) < 4.78 is 0. The van der Waals surface area contributed by atoms with Crippen molar-refractivity contribution in [3.05, 3.63) is 28.3 Å². The summed E-state index contributed by atoms with van der Waals surface area (Å²) in [6.45, 7) is 1.61. The van der Waals surface area contributed by atoms with Crippen molar-refractivity contribution in [1.82, 2.24) is 0 Å². The molecule has 1 unspecified atom stereocenters. The van der Waals surface area contributed by atoms with Gasteiger partial charge in [-0.25, -0.2) is 0 Å². The van der Waals surface area contributed by atoms with Gasteiger partial charge in [-0.1, -0.05) is 6.07 Å². The lowest BCUT2D eigenvalue weighted by Crippen LogP contribution is -2.20. The molecule has 1 atom stereocenters. The Hall–Kier alpha value is -1.82. The first kappa shape index (κ1) is 11.3. The maximum Gasteiger partial charge on any atom is 0.314 e. The first-order valence-corrected chi connectivity index (χ1v) is 4.46. The van der Waals surface area contributed by atoms with Gasteiger partial charge in [0, 0.05) is 6.04 Å². The summed E-state index contributed by atoms with van der Waals surface area (Å²) in [5.41, 5.74) is 5.77. The maximum atomic E-state index is 10.7. The molecule has 1 aromatic rings. The van der Waals surface area contributed by atoms with Gasteiger partial charge >= 0.3 is 5.69 Å². The number of benzene rings is 1. The number of rotatable bonds is 4. The third-order valence-corrected chi connectivity index (χ3v) is 1.93. The van der Waals surface area contributed by atoms with Gasteiger partial charge in [0.25, 0.3) is 0 Å². The summed E-state index contributed by atoms with van der Waals surface area (Å²) in [6.07, 6.45) is 0. The Morgan fingerprint density at radius 1 is 1.67 bits per heavy atom. The predicted molar refractivity (Wildman–Crippen MR) is 57.7 cm³/mol. The molecular weight excluding hydrogens is 198 g/mol. The number of nitrogen functional groups attached to an aromatic ring is 1. The van der Waals surface area contributed by atoms with E-state index in [1.54, 1.807) is 19.1 Å². The smallest absolute Gasteiger partial charge is 0.314 e. The molecule has 0 aliphatic carbocycles. The topological polar surface area (TPSA) is 101 Å². The van der Waals surface area contributed by atoms with E-state index in [1.807, 2.05) is 0 Å². The van der Waals surface area contributed by atoms with Gasteiger partial charge in [0.2, 0.25) is 0 Å². The van der Waals surface area contributed by atoms with Crippen LogP contribution in [-0.4, -0.2) is 22.7 Å². The van der Waals surface area contributed by atoms with Crippen LogP contribution in [0.2, 0.25) is 0 Å². The number of hydrogen-bond acceptors (Lipinski definition) is 5. The van der Waals surface area contributed by atoms with E-state index >= 15 is 0 Å². The Morgan fingerprint density at radius 2 is 2.33 bits per heavy atom. The molecule has 0 amide bonds. The van der Waals surface area contributed by atoms with E-state index in [4.69, 9.17) is 10.8 Å². The van der Waals surface area contributed by atoms with E-state index in [2.05, 4.69) is 5.32 Å². The second-order valence-corrected chi connectivity index (χ2v) is 3.23. The zero-order valence-corrected chi connectivity index (χ0v) is 8.30. The second kappa shape index (κ2) is 4.61. The first-order chi connectivity index (χ1) is 7.06. The molecule has 0 aliphatic rings. The van der Waals surface area contributed by atoms with Crippen molar-refractivity contribution in [1.29, 1.82) is 0 Å². The van der Waals surface area contributed by atoms with Crippen LogP contribution in [0.15, 0.2) is 18.2 Å². The number of nitrogens with zero attached hydrogens (tertiary/aromatic N) is 1. The number of nitrogens with two attached hydrogens (primary N) is 1. The van der Waals surface area contributed by atoms with E-state index in [1.165, 1.54) is 6.07 Å². The van der Waals surface area contributed by atoms with Crippen LogP contribution in [0, 0.1) is 10.1 Å². The summed E-state index contributed by atoms with van der Waals surface area (Å²) in [4.78, 5) is 10.2. The van der Waals surface area contributed by atoms with Gasteiger partial charge in [-0.2, -0.15) is 0 Å². The molecule has 0 saturated heterocycles. The number of hydrogen-bond donors (Lipinski definition) is 3. The van der Waals surface area contributed by atoms with E-state index in [-0.39, 0.29) is 24.0 Å². The number of aliphatic hydroxyl groups is 1. The van der Waals surface area contributed by atoms with Crippen molar-refractivity contribution in [3.8, 4) is 0 Å². The second-order valence-electron chi connectivity index (χ2n) is 3.23. The Balaban J connectivity index is 3.06. The van der Waals surface area contributed by atoms with Gasteiger partial charge in [0.15, 0.2) is 0 Å². The average Bonchev–Trinajstić information content (AvgIpc) is 2.17. The van der Waals surface area contributed by atoms with Crippen LogP contribution in [-0.2, 0) is 0 Å². The lowest BCUT2D eigenvalue weighted by atomic mass is 10.2. The number of para-hydroxylation sites is 1. The van der Waals surface area contributed by atoms with Crippen molar-refractivity contribution in [2.24, 2.45) is 0 Å². The fourth-order valence-electron chi connectivity index (χ4n) is 1.19. The molecule has 0 saturated carbocycles. The van der Waals surface area contributed by atoms with E-state index in [9.17, 15) is 10.1 Å². The number of aliphatic hydroxyl groups excluding tert-OH is 1. The highest BCUT2D eigenvalue weighted by molar-refractivity contribution is 5.74. The van der Waals surface area contributed by atoms with Crippen molar-refractivity contribution >= 4 is 17.1 Å². The van der Waals surface area contributed by atoms with Crippen LogP contribution in [0.3, 0.4) is 0 Å². The monoisotopic (exact) mass is 211 g/mol. The molecule has 0 fully saturated rings. The first-order valence-electron chi connectivity index (χ1n) is 4.46. The highest BCUT2D eigenvalue weighted by atomic mass is 16.6. The molecule has 82 valence electrons. The Kier molecular flexibility index (Phi) is 3.46. The molecule has 0 bridgehead atoms. The normalized spacial score (nSPS) is 12.1.